The van der Waals surface area contributed by atoms with E-state index < -0.39 is 22.7 Å². The normalized spacial score (nSPS) is 11.2. The number of amides is 1. The van der Waals surface area contributed by atoms with Crippen molar-refractivity contribution in [3.8, 4) is 0 Å². The van der Waals surface area contributed by atoms with Gasteiger partial charge in [-0.15, -0.1) is 0 Å². The number of hydrogen-bond acceptors (Lipinski definition) is 5. The van der Waals surface area contributed by atoms with Crippen molar-refractivity contribution < 1.29 is 22.7 Å². The summed E-state index contributed by atoms with van der Waals surface area (Å²) in [5.41, 5.74) is -0.738. The number of halogens is 4. The van der Waals surface area contributed by atoms with Gasteiger partial charge in [0.2, 0.25) is 0 Å². The first-order valence-electron chi connectivity index (χ1n) is 7.04. The smallest absolute Gasteiger partial charge is 0.383 e. The number of ether oxygens (including phenoxy) is 1. The lowest BCUT2D eigenvalue weighted by Gasteiger charge is -2.12. The van der Waals surface area contributed by atoms with Crippen molar-refractivity contribution in [2.75, 3.05) is 25.6 Å². The molecule has 2 aromatic rings. The van der Waals surface area contributed by atoms with Crippen molar-refractivity contribution in [1.29, 1.82) is 0 Å². The van der Waals surface area contributed by atoms with E-state index >= 15 is 0 Å². The van der Waals surface area contributed by atoms with Crippen LogP contribution in [-0.4, -0.2) is 36.1 Å². The van der Waals surface area contributed by atoms with Gasteiger partial charge in [0.15, 0.2) is 0 Å². The SMILES string of the molecule is COCCNC(=O)c1cnc(Nc2ccc(Cl)c(C(F)(F)F)c2)cn1. The van der Waals surface area contributed by atoms with Crippen LogP contribution in [-0.2, 0) is 10.9 Å². The molecule has 1 amide bonds. The predicted molar refractivity (Wildman–Crippen MR) is 86.0 cm³/mol. The Balaban J connectivity index is 2.08. The van der Waals surface area contributed by atoms with Crippen LogP contribution < -0.4 is 10.6 Å². The zero-order chi connectivity index (χ0) is 18.4. The minimum Gasteiger partial charge on any atom is -0.383 e. The summed E-state index contributed by atoms with van der Waals surface area (Å²) in [6.45, 7) is 0.679. The predicted octanol–water partition coefficient (Wildman–Crippen LogP) is 3.27. The lowest BCUT2D eigenvalue weighted by atomic mass is 10.2. The minimum atomic E-state index is -4.56. The highest BCUT2D eigenvalue weighted by Crippen LogP contribution is 2.36. The van der Waals surface area contributed by atoms with Crippen LogP contribution >= 0.6 is 11.6 Å². The van der Waals surface area contributed by atoms with E-state index in [2.05, 4.69) is 20.6 Å². The van der Waals surface area contributed by atoms with Crippen LogP contribution in [0.15, 0.2) is 30.6 Å². The maximum atomic E-state index is 12.8. The summed E-state index contributed by atoms with van der Waals surface area (Å²) in [5, 5.41) is 4.85. The molecule has 0 fully saturated rings. The Morgan fingerprint density at radius 3 is 2.64 bits per heavy atom. The van der Waals surface area contributed by atoms with Crippen LogP contribution in [0.3, 0.4) is 0 Å². The number of benzene rings is 1. The van der Waals surface area contributed by atoms with Crippen molar-refractivity contribution in [1.82, 2.24) is 15.3 Å². The summed E-state index contributed by atoms with van der Waals surface area (Å²) in [7, 11) is 1.51. The Hall–Kier alpha value is -2.39. The Kier molecular flexibility index (Phi) is 6.16. The number of methoxy groups -OCH3 is 1. The molecule has 0 saturated heterocycles. The van der Waals surface area contributed by atoms with Gasteiger partial charge in [0.25, 0.3) is 5.91 Å². The van der Waals surface area contributed by atoms with E-state index in [4.69, 9.17) is 16.3 Å². The van der Waals surface area contributed by atoms with Crippen LogP contribution in [0.25, 0.3) is 0 Å². The van der Waals surface area contributed by atoms with E-state index in [-0.39, 0.29) is 17.2 Å². The second kappa shape index (κ2) is 8.13. The van der Waals surface area contributed by atoms with Crippen LogP contribution in [0.2, 0.25) is 5.02 Å². The fourth-order valence-electron chi connectivity index (χ4n) is 1.84. The third kappa shape index (κ3) is 5.30. The number of nitrogens with one attached hydrogen (secondary N) is 2. The molecule has 0 bridgehead atoms. The molecule has 1 heterocycles. The Morgan fingerprint density at radius 2 is 2.04 bits per heavy atom. The maximum absolute atomic E-state index is 12.8. The first-order chi connectivity index (χ1) is 11.8. The van der Waals surface area contributed by atoms with Crippen molar-refractivity contribution in [3.63, 3.8) is 0 Å². The molecule has 2 N–H and O–H groups in total. The lowest BCUT2D eigenvalue weighted by Crippen LogP contribution is -2.27. The molecule has 1 aromatic heterocycles. The zero-order valence-electron chi connectivity index (χ0n) is 13.0. The Morgan fingerprint density at radius 1 is 1.28 bits per heavy atom. The van der Waals surface area contributed by atoms with Gasteiger partial charge < -0.3 is 15.4 Å². The zero-order valence-corrected chi connectivity index (χ0v) is 13.8. The summed E-state index contributed by atoms with van der Waals surface area (Å²) in [5.74, 6) is -0.245. The Labute approximate surface area is 146 Å². The fraction of sp³-hybridized carbons (Fsp3) is 0.267. The van der Waals surface area contributed by atoms with Crippen LogP contribution in [0.1, 0.15) is 16.1 Å². The van der Waals surface area contributed by atoms with Gasteiger partial charge in [-0.3, -0.25) is 4.79 Å². The summed E-state index contributed by atoms with van der Waals surface area (Å²) in [6.07, 6.45) is -2.11. The van der Waals surface area contributed by atoms with E-state index in [1.165, 1.54) is 25.6 Å². The average Bonchev–Trinajstić information content (AvgIpc) is 2.56. The highest BCUT2D eigenvalue weighted by Gasteiger charge is 2.33. The van der Waals surface area contributed by atoms with Crippen LogP contribution in [0, 0.1) is 0 Å². The van der Waals surface area contributed by atoms with E-state index in [0.717, 1.165) is 12.1 Å². The van der Waals surface area contributed by atoms with Gasteiger partial charge >= 0.3 is 6.18 Å². The number of carbonyl (C=O) groups excluding carboxylic acids is 1. The second-order valence-corrected chi connectivity index (χ2v) is 5.26. The monoisotopic (exact) mass is 374 g/mol. The highest BCUT2D eigenvalue weighted by atomic mass is 35.5. The standard InChI is InChI=1S/C15H14ClF3N4O2/c1-25-5-4-20-14(24)12-7-22-13(8-21-12)23-9-2-3-11(16)10(6-9)15(17,18)19/h2-3,6-8H,4-5H2,1H3,(H,20,24)(H,22,23). The number of carbonyl (C=O) groups is 1. The molecule has 6 nitrogen and oxygen atoms in total. The summed E-state index contributed by atoms with van der Waals surface area (Å²) in [6, 6.07) is 3.39. The molecule has 10 heteroatoms. The molecule has 0 radical (unpaired) electrons. The third-order valence-electron chi connectivity index (χ3n) is 3.02. The molecular weight excluding hydrogens is 361 g/mol. The molecule has 25 heavy (non-hydrogen) atoms. The highest BCUT2D eigenvalue weighted by molar-refractivity contribution is 6.31. The number of nitrogens with zero attached hydrogens (tertiary/aromatic N) is 2. The topological polar surface area (TPSA) is 76.1 Å². The maximum Gasteiger partial charge on any atom is 0.417 e. The fourth-order valence-corrected chi connectivity index (χ4v) is 2.06. The Bertz CT molecular complexity index is 739. The molecule has 0 saturated carbocycles. The van der Waals surface area contributed by atoms with Gasteiger partial charge in [-0.05, 0) is 18.2 Å². The molecular formula is C15H14ClF3N4O2. The molecule has 0 spiro atoms. The second-order valence-electron chi connectivity index (χ2n) is 4.85. The van der Waals surface area contributed by atoms with Gasteiger partial charge in [0, 0.05) is 19.3 Å². The molecule has 0 aliphatic carbocycles. The van der Waals surface area contributed by atoms with E-state index in [1.54, 1.807) is 0 Å². The van der Waals surface area contributed by atoms with E-state index in [9.17, 15) is 18.0 Å². The van der Waals surface area contributed by atoms with Crippen molar-refractivity contribution >= 4 is 29.0 Å². The molecule has 0 atom stereocenters. The summed E-state index contributed by atoms with van der Waals surface area (Å²) >= 11 is 5.56. The van der Waals surface area contributed by atoms with Gasteiger partial charge in [-0.2, -0.15) is 13.2 Å². The number of rotatable bonds is 6. The molecule has 2 rings (SSSR count). The van der Waals surface area contributed by atoms with Crippen molar-refractivity contribution in [2.45, 2.75) is 6.18 Å². The van der Waals surface area contributed by atoms with Gasteiger partial charge in [-0.1, -0.05) is 11.6 Å². The molecule has 0 aliphatic rings. The lowest BCUT2D eigenvalue weighted by molar-refractivity contribution is -0.137. The molecule has 0 unspecified atom stereocenters. The van der Waals surface area contributed by atoms with E-state index in [1.807, 2.05) is 0 Å². The minimum absolute atomic E-state index is 0.0775. The largest absolute Gasteiger partial charge is 0.417 e. The van der Waals surface area contributed by atoms with Crippen molar-refractivity contribution in [2.24, 2.45) is 0 Å². The number of alkyl halides is 3. The third-order valence-corrected chi connectivity index (χ3v) is 3.35. The first-order valence-corrected chi connectivity index (χ1v) is 7.42. The number of anilines is 2. The molecule has 0 aliphatic heterocycles. The van der Waals surface area contributed by atoms with Gasteiger partial charge in [-0.25, -0.2) is 9.97 Å². The summed E-state index contributed by atoms with van der Waals surface area (Å²) < 4.78 is 43.3. The van der Waals surface area contributed by atoms with Gasteiger partial charge in [0.1, 0.15) is 11.5 Å². The quantitative estimate of drug-likeness (QED) is 0.759. The van der Waals surface area contributed by atoms with Crippen LogP contribution in [0.4, 0.5) is 24.7 Å². The van der Waals surface area contributed by atoms with Crippen molar-refractivity contribution in [3.05, 3.63) is 46.9 Å². The average molecular weight is 375 g/mol. The number of hydrogen-bond donors (Lipinski definition) is 2. The van der Waals surface area contributed by atoms with Gasteiger partial charge in [0.05, 0.1) is 29.6 Å². The molecule has 1 aromatic carbocycles. The van der Waals surface area contributed by atoms with E-state index in [0.29, 0.717) is 13.2 Å². The van der Waals surface area contributed by atoms with Crippen LogP contribution in [0.5, 0.6) is 0 Å². The summed E-state index contributed by atoms with van der Waals surface area (Å²) in [4.78, 5) is 19.6. The number of aromatic nitrogens is 2. The first kappa shape index (κ1) is 18.9. The molecule has 134 valence electrons.